The summed E-state index contributed by atoms with van der Waals surface area (Å²) in [7, 11) is 0. The van der Waals surface area contributed by atoms with E-state index in [4.69, 9.17) is 5.11 Å². The van der Waals surface area contributed by atoms with Gasteiger partial charge in [-0.1, -0.05) is 0 Å². The fourth-order valence-electron chi connectivity index (χ4n) is 1.62. The fraction of sp³-hybridized carbons (Fsp3) is 0.417. The Labute approximate surface area is 100 Å². The van der Waals surface area contributed by atoms with Crippen molar-refractivity contribution in [2.45, 2.75) is 6.04 Å². The minimum Gasteiger partial charge on any atom is -0.395 e. The molecule has 0 radical (unpaired) electrons. The highest BCUT2D eigenvalue weighted by Gasteiger charge is 2.15. The lowest BCUT2D eigenvalue weighted by Crippen LogP contribution is -2.51. The third-order valence-corrected chi connectivity index (χ3v) is 2.70. The molecule has 1 aromatic carbocycles. The number of nitrogens with one attached hydrogen (secondary N) is 3. The molecular formula is C12H17N3O2. The highest BCUT2D eigenvalue weighted by atomic mass is 16.3. The van der Waals surface area contributed by atoms with Crippen LogP contribution in [0.15, 0.2) is 24.3 Å². The number of aliphatic hydroxyl groups excluding tert-OH is 1. The van der Waals surface area contributed by atoms with Crippen LogP contribution in [0, 0.1) is 0 Å². The lowest BCUT2D eigenvalue weighted by molar-refractivity contribution is 0.0945. The van der Waals surface area contributed by atoms with E-state index in [0.717, 1.165) is 18.8 Å². The molecule has 0 atom stereocenters. The number of anilines is 1. The van der Waals surface area contributed by atoms with Gasteiger partial charge in [-0.15, -0.1) is 0 Å². The van der Waals surface area contributed by atoms with Crippen molar-refractivity contribution in [3.05, 3.63) is 29.8 Å². The van der Waals surface area contributed by atoms with Crippen molar-refractivity contribution in [1.82, 2.24) is 10.6 Å². The zero-order valence-electron chi connectivity index (χ0n) is 9.57. The first-order valence-electron chi connectivity index (χ1n) is 5.76. The lowest BCUT2D eigenvalue weighted by atomic mass is 10.1. The van der Waals surface area contributed by atoms with Crippen LogP contribution in [0.4, 0.5) is 5.69 Å². The van der Waals surface area contributed by atoms with Crippen molar-refractivity contribution in [3.63, 3.8) is 0 Å². The second-order valence-corrected chi connectivity index (χ2v) is 4.06. The zero-order valence-corrected chi connectivity index (χ0v) is 9.57. The summed E-state index contributed by atoms with van der Waals surface area (Å²) in [6.07, 6.45) is 0. The Kier molecular flexibility index (Phi) is 3.95. The maximum Gasteiger partial charge on any atom is 0.251 e. The molecule has 1 amide bonds. The maximum absolute atomic E-state index is 11.6. The molecule has 1 aliphatic heterocycles. The van der Waals surface area contributed by atoms with Crippen LogP contribution in [0.25, 0.3) is 0 Å². The van der Waals surface area contributed by atoms with Crippen LogP contribution in [0.2, 0.25) is 0 Å². The number of hydrogen-bond donors (Lipinski definition) is 4. The van der Waals surface area contributed by atoms with E-state index in [-0.39, 0.29) is 19.1 Å². The summed E-state index contributed by atoms with van der Waals surface area (Å²) in [5.41, 5.74) is 1.63. The second kappa shape index (κ2) is 5.65. The standard InChI is InChI=1S/C12H17N3O2/c16-6-5-14-12(17)9-1-3-10(4-2-9)15-11-7-13-8-11/h1-4,11,13,15-16H,5-8H2,(H,14,17). The van der Waals surface area contributed by atoms with E-state index < -0.39 is 0 Å². The van der Waals surface area contributed by atoms with Crippen LogP contribution < -0.4 is 16.0 Å². The van der Waals surface area contributed by atoms with Crippen molar-refractivity contribution in [2.75, 3.05) is 31.6 Å². The Morgan fingerprint density at radius 3 is 2.59 bits per heavy atom. The molecule has 5 nitrogen and oxygen atoms in total. The van der Waals surface area contributed by atoms with Crippen LogP contribution in [-0.2, 0) is 0 Å². The summed E-state index contributed by atoms with van der Waals surface area (Å²) >= 11 is 0. The predicted octanol–water partition coefficient (Wildman–Crippen LogP) is -0.208. The van der Waals surface area contributed by atoms with Crippen molar-refractivity contribution in [2.24, 2.45) is 0 Å². The van der Waals surface area contributed by atoms with Gasteiger partial charge in [-0.25, -0.2) is 0 Å². The lowest BCUT2D eigenvalue weighted by Gasteiger charge is -2.29. The first kappa shape index (κ1) is 11.9. The van der Waals surface area contributed by atoms with Gasteiger partial charge >= 0.3 is 0 Å². The van der Waals surface area contributed by atoms with Crippen molar-refractivity contribution >= 4 is 11.6 Å². The maximum atomic E-state index is 11.6. The number of amides is 1. The van der Waals surface area contributed by atoms with Crippen LogP contribution in [0.1, 0.15) is 10.4 Å². The molecule has 1 heterocycles. The third kappa shape index (κ3) is 3.18. The number of rotatable bonds is 5. The summed E-state index contributed by atoms with van der Waals surface area (Å²) in [6.45, 7) is 2.21. The molecule has 4 N–H and O–H groups in total. The molecule has 0 saturated carbocycles. The summed E-state index contributed by atoms with van der Waals surface area (Å²) in [6, 6.07) is 7.84. The van der Waals surface area contributed by atoms with Crippen LogP contribution in [-0.4, -0.2) is 43.3 Å². The van der Waals surface area contributed by atoms with Gasteiger partial charge in [0.1, 0.15) is 0 Å². The van der Waals surface area contributed by atoms with Gasteiger partial charge in [-0.2, -0.15) is 0 Å². The molecule has 0 aliphatic carbocycles. The fourth-order valence-corrected chi connectivity index (χ4v) is 1.62. The number of hydrogen-bond acceptors (Lipinski definition) is 4. The molecule has 0 unspecified atom stereocenters. The normalized spacial score (nSPS) is 15.1. The monoisotopic (exact) mass is 235 g/mol. The summed E-state index contributed by atoms with van der Waals surface area (Å²) in [5.74, 6) is -0.157. The van der Waals surface area contributed by atoms with Gasteiger partial charge in [0.2, 0.25) is 0 Å². The third-order valence-electron chi connectivity index (χ3n) is 2.70. The van der Waals surface area contributed by atoms with Gasteiger partial charge < -0.3 is 21.1 Å². The van der Waals surface area contributed by atoms with Gasteiger partial charge in [-0.05, 0) is 24.3 Å². The summed E-state index contributed by atoms with van der Waals surface area (Å²) in [5, 5.41) is 17.8. The molecule has 2 rings (SSSR count). The van der Waals surface area contributed by atoms with E-state index in [2.05, 4.69) is 16.0 Å². The number of benzene rings is 1. The molecule has 0 spiro atoms. The smallest absolute Gasteiger partial charge is 0.251 e. The Bertz CT molecular complexity index is 374. The van der Waals surface area contributed by atoms with E-state index >= 15 is 0 Å². The van der Waals surface area contributed by atoms with Gasteiger partial charge in [0.25, 0.3) is 5.91 Å². The Balaban J connectivity index is 1.89. The summed E-state index contributed by atoms with van der Waals surface area (Å²) in [4.78, 5) is 11.6. The van der Waals surface area contributed by atoms with Crippen molar-refractivity contribution in [3.8, 4) is 0 Å². The Morgan fingerprint density at radius 2 is 2.06 bits per heavy atom. The van der Waals surface area contributed by atoms with Crippen molar-refractivity contribution in [1.29, 1.82) is 0 Å². The molecule has 1 aromatic rings. The van der Waals surface area contributed by atoms with E-state index in [1.54, 1.807) is 12.1 Å². The van der Waals surface area contributed by atoms with Gasteiger partial charge in [0.15, 0.2) is 0 Å². The van der Waals surface area contributed by atoms with Crippen LogP contribution in [0.5, 0.6) is 0 Å². The van der Waals surface area contributed by atoms with E-state index in [1.165, 1.54) is 0 Å². The highest BCUT2D eigenvalue weighted by Crippen LogP contribution is 2.12. The van der Waals surface area contributed by atoms with E-state index in [0.29, 0.717) is 11.6 Å². The molecule has 5 heteroatoms. The number of carbonyl (C=O) groups is 1. The largest absolute Gasteiger partial charge is 0.395 e. The highest BCUT2D eigenvalue weighted by molar-refractivity contribution is 5.94. The number of carbonyl (C=O) groups excluding carboxylic acids is 1. The first-order valence-corrected chi connectivity index (χ1v) is 5.76. The molecule has 1 aliphatic rings. The molecule has 1 fully saturated rings. The molecule has 0 aromatic heterocycles. The predicted molar refractivity (Wildman–Crippen MR) is 66.1 cm³/mol. The van der Waals surface area contributed by atoms with Gasteiger partial charge in [0, 0.05) is 30.9 Å². The zero-order chi connectivity index (χ0) is 12.1. The molecule has 92 valence electrons. The minimum absolute atomic E-state index is 0.0416. The van der Waals surface area contributed by atoms with Gasteiger partial charge in [0.05, 0.1) is 12.6 Å². The topological polar surface area (TPSA) is 73.4 Å². The molecule has 17 heavy (non-hydrogen) atoms. The molecular weight excluding hydrogens is 218 g/mol. The molecule has 1 saturated heterocycles. The second-order valence-electron chi connectivity index (χ2n) is 4.06. The van der Waals surface area contributed by atoms with Crippen molar-refractivity contribution < 1.29 is 9.90 Å². The Hall–Kier alpha value is -1.59. The van der Waals surface area contributed by atoms with E-state index in [1.807, 2.05) is 12.1 Å². The quantitative estimate of drug-likeness (QED) is 0.570. The average Bonchev–Trinajstić information content (AvgIpc) is 2.31. The Morgan fingerprint density at radius 1 is 1.35 bits per heavy atom. The SMILES string of the molecule is O=C(NCCO)c1ccc(NC2CNC2)cc1. The first-order chi connectivity index (χ1) is 8.29. The van der Waals surface area contributed by atoms with Crippen LogP contribution in [0.3, 0.4) is 0 Å². The van der Waals surface area contributed by atoms with Crippen LogP contribution >= 0.6 is 0 Å². The summed E-state index contributed by atoms with van der Waals surface area (Å²) < 4.78 is 0. The minimum atomic E-state index is -0.157. The molecule has 0 bridgehead atoms. The van der Waals surface area contributed by atoms with Gasteiger partial charge in [-0.3, -0.25) is 4.79 Å². The average molecular weight is 235 g/mol. The number of aliphatic hydroxyl groups is 1. The van der Waals surface area contributed by atoms with E-state index in [9.17, 15) is 4.79 Å².